The molecule has 0 spiro atoms. The minimum atomic E-state index is -0.724. The monoisotopic (exact) mass is 296 g/mol. The van der Waals surface area contributed by atoms with Crippen molar-refractivity contribution in [3.8, 4) is 0 Å². The van der Waals surface area contributed by atoms with Gasteiger partial charge in [0.1, 0.15) is 0 Å². The Kier molecular flexibility index (Phi) is 4.33. The van der Waals surface area contributed by atoms with Crippen LogP contribution in [0.2, 0.25) is 0 Å². The zero-order chi connectivity index (χ0) is 14.8. The van der Waals surface area contributed by atoms with Gasteiger partial charge in [0.25, 0.3) is 0 Å². The summed E-state index contributed by atoms with van der Waals surface area (Å²) < 4.78 is 5.72. The number of nitrogens with zero attached hydrogens (tertiary/aromatic N) is 1. The standard InChI is InChI=1S/C15H24N2O4/c18-14(19)13-4-2-1-3-10(13)7-16-15(20)17-8-11-5-6-12(9-17)21-11/h10-13H,1-9H2,(H,16,20)(H,18,19). The lowest BCUT2D eigenvalue weighted by Crippen LogP contribution is -2.51. The topological polar surface area (TPSA) is 78.9 Å². The second-order valence-electron chi connectivity index (χ2n) is 6.54. The highest BCUT2D eigenvalue weighted by atomic mass is 16.5. The number of ether oxygens (including phenoxy) is 1. The number of carbonyl (C=O) groups is 2. The Bertz CT molecular complexity index is 402. The van der Waals surface area contributed by atoms with Gasteiger partial charge in [-0.1, -0.05) is 12.8 Å². The van der Waals surface area contributed by atoms with E-state index in [9.17, 15) is 14.7 Å². The number of carboxylic acid groups (broad SMARTS) is 1. The van der Waals surface area contributed by atoms with Gasteiger partial charge in [-0.25, -0.2) is 4.79 Å². The number of aliphatic carboxylic acids is 1. The predicted octanol–water partition coefficient (Wildman–Crippen LogP) is 1.45. The summed E-state index contributed by atoms with van der Waals surface area (Å²) >= 11 is 0. The minimum Gasteiger partial charge on any atom is -0.481 e. The fraction of sp³-hybridized carbons (Fsp3) is 0.867. The molecule has 0 radical (unpaired) electrons. The van der Waals surface area contributed by atoms with Crippen molar-refractivity contribution in [2.24, 2.45) is 11.8 Å². The van der Waals surface area contributed by atoms with E-state index >= 15 is 0 Å². The van der Waals surface area contributed by atoms with Crippen LogP contribution in [0.25, 0.3) is 0 Å². The number of hydrogen-bond acceptors (Lipinski definition) is 3. The molecule has 3 aliphatic rings. The van der Waals surface area contributed by atoms with Gasteiger partial charge in [0.05, 0.1) is 18.1 Å². The molecule has 2 heterocycles. The number of carboxylic acids is 1. The van der Waals surface area contributed by atoms with E-state index in [1.54, 1.807) is 0 Å². The number of rotatable bonds is 3. The first kappa shape index (κ1) is 14.6. The molecule has 4 atom stereocenters. The van der Waals surface area contributed by atoms with Gasteiger partial charge in [-0.15, -0.1) is 0 Å². The van der Waals surface area contributed by atoms with Crippen molar-refractivity contribution in [3.63, 3.8) is 0 Å². The van der Waals surface area contributed by atoms with E-state index in [1.165, 1.54) is 0 Å². The average Bonchev–Trinajstić information content (AvgIpc) is 2.83. The zero-order valence-corrected chi connectivity index (χ0v) is 12.3. The fourth-order valence-electron chi connectivity index (χ4n) is 3.89. The van der Waals surface area contributed by atoms with Crippen molar-refractivity contribution >= 4 is 12.0 Å². The van der Waals surface area contributed by atoms with Crippen LogP contribution in [-0.2, 0) is 9.53 Å². The Hall–Kier alpha value is -1.30. The van der Waals surface area contributed by atoms with Gasteiger partial charge in [-0.05, 0) is 31.6 Å². The van der Waals surface area contributed by atoms with Crippen LogP contribution in [0.1, 0.15) is 38.5 Å². The summed E-state index contributed by atoms with van der Waals surface area (Å²) in [7, 11) is 0. The van der Waals surface area contributed by atoms with Crippen LogP contribution in [0.15, 0.2) is 0 Å². The molecule has 2 aliphatic heterocycles. The first-order valence-electron chi connectivity index (χ1n) is 8.04. The van der Waals surface area contributed by atoms with Gasteiger partial charge < -0.3 is 20.1 Å². The van der Waals surface area contributed by atoms with E-state index in [4.69, 9.17) is 4.74 Å². The molecular weight excluding hydrogens is 272 g/mol. The molecule has 21 heavy (non-hydrogen) atoms. The van der Waals surface area contributed by atoms with Crippen LogP contribution >= 0.6 is 0 Å². The van der Waals surface area contributed by atoms with Crippen molar-refractivity contribution < 1.29 is 19.4 Å². The number of morpholine rings is 1. The first-order valence-corrected chi connectivity index (χ1v) is 8.04. The van der Waals surface area contributed by atoms with Crippen LogP contribution in [-0.4, -0.2) is 53.8 Å². The second kappa shape index (κ2) is 6.22. The van der Waals surface area contributed by atoms with E-state index in [0.717, 1.165) is 38.5 Å². The Morgan fingerprint density at radius 2 is 1.76 bits per heavy atom. The van der Waals surface area contributed by atoms with Crippen molar-refractivity contribution in [2.75, 3.05) is 19.6 Å². The van der Waals surface area contributed by atoms with Crippen LogP contribution < -0.4 is 5.32 Å². The van der Waals surface area contributed by atoms with Crippen molar-refractivity contribution in [1.82, 2.24) is 10.2 Å². The SMILES string of the molecule is O=C(O)C1CCCCC1CNC(=O)N1CC2CCC(C1)O2. The highest BCUT2D eigenvalue weighted by Crippen LogP contribution is 2.30. The molecule has 0 aromatic heterocycles. The number of carbonyl (C=O) groups excluding carboxylic acids is 1. The number of amides is 2. The predicted molar refractivity (Wildman–Crippen MR) is 76.0 cm³/mol. The summed E-state index contributed by atoms with van der Waals surface area (Å²) in [5.41, 5.74) is 0. The summed E-state index contributed by atoms with van der Waals surface area (Å²) in [6.45, 7) is 1.80. The van der Waals surface area contributed by atoms with E-state index in [1.807, 2.05) is 4.90 Å². The highest BCUT2D eigenvalue weighted by molar-refractivity contribution is 5.75. The third-order valence-corrected chi connectivity index (χ3v) is 5.07. The number of nitrogens with one attached hydrogen (secondary N) is 1. The molecule has 2 amide bonds. The van der Waals surface area contributed by atoms with Gasteiger partial charge in [-0.2, -0.15) is 0 Å². The van der Waals surface area contributed by atoms with Gasteiger partial charge in [-0.3, -0.25) is 4.79 Å². The Labute approximate surface area is 124 Å². The molecule has 3 rings (SSSR count). The lowest BCUT2D eigenvalue weighted by Gasteiger charge is -2.33. The van der Waals surface area contributed by atoms with Crippen molar-refractivity contribution in [2.45, 2.75) is 50.7 Å². The lowest BCUT2D eigenvalue weighted by molar-refractivity contribution is -0.144. The minimum absolute atomic E-state index is 0.0649. The molecule has 1 saturated carbocycles. The van der Waals surface area contributed by atoms with Crippen LogP contribution in [0.5, 0.6) is 0 Å². The summed E-state index contributed by atoms with van der Waals surface area (Å²) in [4.78, 5) is 25.3. The molecule has 2 N–H and O–H groups in total. The van der Waals surface area contributed by atoms with Crippen molar-refractivity contribution in [3.05, 3.63) is 0 Å². The fourth-order valence-corrected chi connectivity index (χ4v) is 3.89. The molecule has 2 bridgehead atoms. The van der Waals surface area contributed by atoms with E-state index in [0.29, 0.717) is 19.6 Å². The Morgan fingerprint density at radius 1 is 1.10 bits per heavy atom. The molecule has 4 unspecified atom stereocenters. The van der Waals surface area contributed by atoms with E-state index in [2.05, 4.69) is 5.32 Å². The van der Waals surface area contributed by atoms with Gasteiger partial charge in [0.15, 0.2) is 0 Å². The molecule has 3 fully saturated rings. The molecule has 118 valence electrons. The number of fused-ring (bicyclic) bond motifs is 2. The van der Waals surface area contributed by atoms with Gasteiger partial charge >= 0.3 is 12.0 Å². The van der Waals surface area contributed by atoms with Crippen molar-refractivity contribution in [1.29, 1.82) is 0 Å². The number of hydrogen-bond donors (Lipinski definition) is 2. The molecule has 0 aromatic carbocycles. The number of likely N-dealkylation sites (tertiary alicyclic amines) is 1. The summed E-state index contributed by atoms with van der Waals surface area (Å²) in [6, 6.07) is -0.0649. The Balaban J connectivity index is 1.49. The molecule has 2 saturated heterocycles. The maximum atomic E-state index is 12.2. The molecular formula is C15H24N2O4. The summed E-state index contributed by atoms with van der Waals surface area (Å²) in [5, 5.41) is 12.2. The average molecular weight is 296 g/mol. The molecule has 6 heteroatoms. The molecule has 6 nitrogen and oxygen atoms in total. The van der Waals surface area contributed by atoms with Gasteiger partial charge in [0.2, 0.25) is 0 Å². The van der Waals surface area contributed by atoms with Crippen LogP contribution in [0.3, 0.4) is 0 Å². The van der Waals surface area contributed by atoms with E-state index < -0.39 is 5.97 Å². The smallest absolute Gasteiger partial charge is 0.317 e. The van der Waals surface area contributed by atoms with Gasteiger partial charge in [0, 0.05) is 19.6 Å². The maximum absolute atomic E-state index is 12.2. The second-order valence-corrected chi connectivity index (χ2v) is 6.54. The summed E-state index contributed by atoms with van der Waals surface area (Å²) in [5.74, 6) is -0.962. The molecule has 0 aromatic rings. The largest absolute Gasteiger partial charge is 0.481 e. The summed E-state index contributed by atoms with van der Waals surface area (Å²) in [6.07, 6.45) is 6.13. The maximum Gasteiger partial charge on any atom is 0.317 e. The zero-order valence-electron chi connectivity index (χ0n) is 12.3. The third kappa shape index (κ3) is 3.31. The normalized spacial score (nSPS) is 35.5. The number of urea groups is 1. The van der Waals surface area contributed by atoms with Crippen LogP contribution in [0.4, 0.5) is 4.79 Å². The first-order chi connectivity index (χ1) is 10.1. The lowest BCUT2D eigenvalue weighted by atomic mass is 9.79. The highest BCUT2D eigenvalue weighted by Gasteiger charge is 2.36. The Morgan fingerprint density at radius 3 is 2.43 bits per heavy atom. The molecule has 1 aliphatic carbocycles. The third-order valence-electron chi connectivity index (χ3n) is 5.07. The van der Waals surface area contributed by atoms with E-state index in [-0.39, 0.29) is 30.1 Å². The quantitative estimate of drug-likeness (QED) is 0.826. The van der Waals surface area contributed by atoms with Crippen LogP contribution in [0, 0.1) is 11.8 Å².